The van der Waals surface area contributed by atoms with Gasteiger partial charge in [-0.1, -0.05) is 25.5 Å². The summed E-state index contributed by atoms with van der Waals surface area (Å²) in [4.78, 5) is 11.1. The van der Waals surface area contributed by atoms with Crippen molar-refractivity contribution in [3.8, 4) is 5.75 Å². The Balaban J connectivity index is 1.89. The number of thiazole rings is 1. The number of hydrogen-bond donors (Lipinski definition) is 1. The molecule has 28 heavy (non-hydrogen) atoms. The molecular weight excluding hydrogens is 372 g/mol. The van der Waals surface area contributed by atoms with Crippen molar-refractivity contribution in [1.29, 1.82) is 0 Å². The maximum Gasteiger partial charge on any atom is 0.194 e. The molecule has 2 rings (SSSR count). The van der Waals surface area contributed by atoms with Gasteiger partial charge in [0.25, 0.3) is 0 Å². The first-order valence-electron chi connectivity index (χ1n) is 9.68. The number of guanidine groups is 1. The molecule has 0 spiro atoms. The number of benzene rings is 1. The number of nitrogens with zero attached hydrogens (tertiary/aromatic N) is 3. The molecule has 0 fully saturated rings. The van der Waals surface area contributed by atoms with Gasteiger partial charge < -0.3 is 19.7 Å². The van der Waals surface area contributed by atoms with E-state index in [1.165, 1.54) is 0 Å². The Bertz CT molecular complexity index is 748. The Morgan fingerprint density at radius 1 is 1.39 bits per heavy atom. The quantitative estimate of drug-likeness (QED) is 0.365. The first kappa shape index (κ1) is 22.2. The van der Waals surface area contributed by atoms with Crippen LogP contribution in [0.3, 0.4) is 0 Å². The van der Waals surface area contributed by atoms with E-state index in [0.717, 1.165) is 47.4 Å². The van der Waals surface area contributed by atoms with Gasteiger partial charge in [0.2, 0.25) is 0 Å². The lowest BCUT2D eigenvalue weighted by Crippen LogP contribution is -2.38. The van der Waals surface area contributed by atoms with Gasteiger partial charge in [0.15, 0.2) is 5.96 Å². The Kier molecular flexibility index (Phi) is 9.23. The highest BCUT2D eigenvalue weighted by Gasteiger charge is 2.12. The molecule has 2 aromatic rings. The van der Waals surface area contributed by atoms with Crippen LogP contribution in [0.4, 0.5) is 0 Å². The standard InChI is InChI=1S/C21H32N4O2S/c1-6-7-11-27-19-10-8-9-17(12-19)13-23-21(22-3)25(4)14-18-15-28-20(24-18)16(2)26-5/h8-10,12,15-16H,6-7,11,13-14H2,1-5H3,(H,22,23). The van der Waals surface area contributed by atoms with Crippen LogP contribution in [0.5, 0.6) is 5.75 Å². The average Bonchev–Trinajstić information content (AvgIpc) is 3.17. The van der Waals surface area contributed by atoms with Gasteiger partial charge in [-0.15, -0.1) is 11.3 Å². The fourth-order valence-corrected chi connectivity index (χ4v) is 3.49. The number of rotatable bonds is 10. The highest BCUT2D eigenvalue weighted by molar-refractivity contribution is 7.09. The molecular formula is C21H32N4O2S. The number of aromatic nitrogens is 1. The van der Waals surface area contributed by atoms with Gasteiger partial charge >= 0.3 is 0 Å². The second-order valence-corrected chi connectivity index (χ2v) is 7.55. The minimum Gasteiger partial charge on any atom is -0.494 e. The molecule has 0 amide bonds. The predicted molar refractivity (Wildman–Crippen MR) is 116 cm³/mol. The molecule has 0 radical (unpaired) electrons. The van der Waals surface area contributed by atoms with E-state index < -0.39 is 0 Å². The zero-order valence-corrected chi connectivity index (χ0v) is 18.4. The highest BCUT2D eigenvalue weighted by Crippen LogP contribution is 2.21. The summed E-state index contributed by atoms with van der Waals surface area (Å²) < 4.78 is 11.1. The molecule has 1 aromatic heterocycles. The van der Waals surface area contributed by atoms with Crippen LogP contribution >= 0.6 is 11.3 Å². The summed E-state index contributed by atoms with van der Waals surface area (Å²) in [6, 6.07) is 8.19. The van der Waals surface area contributed by atoms with E-state index in [1.54, 1.807) is 25.5 Å². The summed E-state index contributed by atoms with van der Waals surface area (Å²) in [5.41, 5.74) is 2.18. The van der Waals surface area contributed by atoms with Crippen LogP contribution in [0.25, 0.3) is 0 Å². The van der Waals surface area contributed by atoms with Crippen LogP contribution in [0.15, 0.2) is 34.6 Å². The van der Waals surface area contributed by atoms with Crippen LogP contribution in [-0.2, 0) is 17.8 Å². The van der Waals surface area contributed by atoms with Crippen molar-refractivity contribution in [2.45, 2.75) is 45.9 Å². The van der Waals surface area contributed by atoms with Gasteiger partial charge in [0.05, 0.1) is 18.8 Å². The van der Waals surface area contributed by atoms with Crippen molar-refractivity contribution in [1.82, 2.24) is 15.2 Å². The summed E-state index contributed by atoms with van der Waals surface area (Å²) in [6.45, 7) is 6.30. The van der Waals surface area contributed by atoms with Crippen molar-refractivity contribution in [3.63, 3.8) is 0 Å². The fourth-order valence-electron chi connectivity index (χ4n) is 2.65. The van der Waals surface area contributed by atoms with Crippen molar-refractivity contribution >= 4 is 17.3 Å². The molecule has 0 saturated carbocycles. The summed E-state index contributed by atoms with van der Waals surface area (Å²) in [6.07, 6.45) is 2.23. The van der Waals surface area contributed by atoms with Gasteiger partial charge in [-0.05, 0) is 31.0 Å². The third-order valence-electron chi connectivity index (χ3n) is 4.36. The van der Waals surface area contributed by atoms with Crippen molar-refractivity contribution in [3.05, 3.63) is 45.9 Å². The van der Waals surface area contributed by atoms with E-state index in [1.807, 2.05) is 26.1 Å². The first-order chi connectivity index (χ1) is 13.6. The molecule has 0 bridgehead atoms. The largest absolute Gasteiger partial charge is 0.494 e. The number of aliphatic imine (C=N–C) groups is 1. The summed E-state index contributed by atoms with van der Waals surface area (Å²) >= 11 is 1.63. The van der Waals surface area contributed by atoms with Crippen molar-refractivity contribution in [2.24, 2.45) is 4.99 Å². The smallest absolute Gasteiger partial charge is 0.194 e. The SMILES string of the molecule is CCCCOc1cccc(CNC(=NC)N(C)Cc2csc(C(C)OC)n2)c1. The Morgan fingerprint density at radius 2 is 2.21 bits per heavy atom. The lowest BCUT2D eigenvalue weighted by atomic mass is 10.2. The minimum atomic E-state index is 0.0216. The molecule has 1 N–H and O–H groups in total. The predicted octanol–water partition coefficient (Wildman–Crippen LogP) is 4.24. The molecule has 1 unspecified atom stereocenters. The van der Waals surface area contributed by atoms with Crippen molar-refractivity contribution in [2.75, 3.05) is 27.8 Å². The van der Waals surface area contributed by atoms with E-state index in [4.69, 9.17) is 9.47 Å². The Hall–Kier alpha value is -2.12. The lowest BCUT2D eigenvalue weighted by molar-refractivity contribution is 0.119. The number of unbranched alkanes of at least 4 members (excludes halogenated alkanes) is 1. The summed E-state index contributed by atoms with van der Waals surface area (Å²) in [7, 11) is 5.51. The monoisotopic (exact) mass is 404 g/mol. The average molecular weight is 405 g/mol. The molecule has 7 heteroatoms. The van der Waals surface area contributed by atoms with Gasteiger partial charge in [0.1, 0.15) is 16.9 Å². The first-order valence-corrected chi connectivity index (χ1v) is 10.6. The fraction of sp³-hybridized carbons (Fsp3) is 0.524. The summed E-state index contributed by atoms with van der Waals surface area (Å²) in [5, 5.41) is 6.48. The van der Waals surface area contributed by atoms with Crippen molar-refractivity contribution < 1.29 is 9.47 Å². The van der Waals surface area contributed by atoms with E-state index in [9.17, 15) is 0 Å². The number of hydrogen-bond acceptors (Lipinski definition) is 5. The Labute approximate surface area is 172 Å². The molecule has 0 aliphatic heterocycles. The lowest BCUT2D eigenvalue weighted by Gasteiger charge is -2.21. The number of ether oxygens (including phenoxy) is 2. The molecule has 1 aromatic carbocycles. The van der Waals surface area contributed by atoms with E-state index in [-0.39, 0.29) is 6.10 Å². The van der Waals surface area contributed by atoms with Crippen LogP contribution < -0.4 is 10.1 Å². The zero-order valence-electron chi connectivity index (χ0n) is 17.6. The molecule has 1 atom stereocenters. The number of methoxy groups -OCH3 is 1. The van der Waals surface area contributed by atoms with Gasteiger partial charge in [-0.25, -0.2) is 4.98 Å². The zero-order chi connectivity index (χ0) is 20.4. The normalized spacial score (nSPS) is 12.7. The summed E-state index contributed by atoms with van der Waals surface area (Å²) in [5.74, 6) is 1.74. The van der Waals surface area contributed by atoms with E-state index in [0.29, 0.717) is 13.1 Å². The van der Waals surface area contributed by atoms with Crippen LogP contribution in [0, 0.1) is 0 Å². The molecule has 0 saturated heterocycles. The molecule has 0 aliphatic carbocycles. The molecule has 1 heterocycles. The molecule has 0 aliphatic rings. The van der Waals surface area contributed by atoms with E-state index >= 15 is 0 Å². The van der Waals surface area contributed by atoms with Gasteiger partial charge in [0, 0.05) is 33.1 Å². The third kappa shape index (κ3) is 6.80. The van der Waals surface area contributed by atoms with Gasteiger partial charge in [-0.2, -0.15) is 0 Å². The highest BCUT2D eigenvalue weighted by atomic mass is 32.1. The molecule has 6 nitrogen and oxygen atoms in total. The third-order valence-corrected chi connectivity index (χ3v) is 5.41. The maximum atomic E-state index is 5.79. The maximum absolute atomic E-state index is 5.79. The van der Waals surface area contributed by atoms with Crippen LogP contribution in [0.1, 0.15) is 49.1 Å². The molecule has 154 valence electrons. The van der Waals surface area contributed by atoms with Crippen LogP contribution in [0.2, 0.25) is 0 Å². The topological polar surface area (TPSA) is 59.0 Å². The van der Waals surface area contributed by atoms with Gasteiger partial charge in [-0.3, -0.25) is 4.99 Å². The Morgan fingerprint density at radius 3 is 2.93 bits per heavy atom. The van der Waals surface area contributed by atoms with Crippen LogP contribution in [-0.4, -0.2) is 43.7 Å². The second kappa shape index (κ2) is 11.7. The second-order valence-electron chi connectivity index (χ2n) is 6.66. The van der Waals surface area contributed by atoms with E-state index in [2.05, 4.69) is 44.6 Å². The number of nitrogens with one attached hydrogen (secondary N) is 1. The minimum absolute atomic E-state index is 0.0216.